The molecule has 1 aliphatic heterocycles. The molecule has 0 aromatic carbocycles. The fourth-order valence-electron chi connectivity index (χ4n) is 3.21. The lowest BCUT2D eigenvalue weighted by Crippen LogP contribution is -2.39. The number of fused-ring (bicyclic) bond motifs is 3. The maximum atomic E-state index is 12.9. The molecule has 0 bridgehead atoms. The molecule has 1 aliphatic rings. The number of nitrogens with zero attached hydrogens (tertiary/aromatic N) is 2. The molecule has 3 heterocycles. The van der Waals surface area contributed by atoms with Crippen LogP contribution in [0.5, 0.6) is 0 Å². The number of aromatic nitrogens is 2. The van der Waals surface area contributed by atoms with Crippen LogP contribution in [0.3, 0.4) is 0 Å². The summed E-state index contributed by atoms with van der Waals surface area (Å²) >= 11 is 0. The van der Waals surface area contributed by atoms with Crippen molar-refractivity contribution in [1.82, 2.24) is 15.3 Å². The number of nitrogens with one attached hydrogen (secondary N) is 1. The molecule has 0 saturated carbocycles. The first-order valence-corrected chi connectivity index (χ1v) is 9.94. The molecule has 0 aliphatic carbocycles. The van der Waals surface area contributed by atoms with Crippen LogP contribution < -0.4 is 11.1 Å². The van der Waals surface area contributed by atoms with Gasteiger partial charge in [-0.2, -0.15) is 0 Å². The number of anilines is 1. The van der Waals surface area contributed by atoms with Crippen molar-refractivity contribution in [3.63, 3.8) is 0 Å². The molecular formula is C22H23F3N4O4. The van der Waals surface area contributed by atoms with Crippen LogP contribution in [-0.2, 0) is 27.4 Å². The smallest absolute Gasteiger partial charge is 0.406 e. The highest BCUT2D eigenvalue weighted by Crippen LogP contribution is 2.31. The van der Waals surface area contributed by atoms with E-state index in [0.29, 0.717) is 36.5 Å². The summed E-state index contributed by atoms with van der Waals surface area (Å²) in [6, 6.07) is 0.864. The number of amides is 1. The van der Waals surface area contributed by atoms with Gasteiger partial charge in [-0.05, 0) is 30.2 Å². The summed E-state index contributed by atoms with van der Waals surface area (Å²) < 4.78 is 51.4. The molecule has 33 heavy (non-hydrogen) atoms. The maximum absolute atomic E-state index is 12.9. The summed E-state index contributed by atoms with van der Waals surface area (Å²) in [6.07, 6.45) is -1.13. The zero-order valence-corrected chi connectivity index (χ0v) is 17.9. The summed E-state index contributed by atoms with van der Waals surface area (Å²) in [5.41, 5.74) is 8.54. The van der Waals surface area contributed by atoms with Crippen LogP contribution >= 0.6 is 0 Å². The topological polar surface area (TPSA) is 109 Å². The summed E-state index contributed by atoms with van der Waals surface area (Å²) in [4.78, 5) is 21.4. The van der Waals surface area contributed by atoms with Crippen LogP contribution in [0.1, 0.15) is 28.5 Å². The van der Waals surface area contributed by atoms with Gasteiger partial charge in [0.1, 0.15) is 17.3 Å². The monoisotopic (exact) mass is 464 g/mol. The van der Waals surface area contributed by atoms with E-state index in [1.807, 2.05) is 0 Å². The minimum absolute atomic E-state index is 0.0485. The molecule has 0 spiro atoms. The van der Waals surface area contributed by atoms with Gasteiger partial charge in [0.05, 0.1) is 37.6 Å². The molecule has 2 aromatic heterocycles. The van der Waals surface area contributed by atoms with Crippen molar-refractivity contribution >= 4 is 22.6 Å². The third-order valence-corrected chi connectivity index (χ3v) is 4.82. The van der Waals surface area contributed by atoms with Gasteiger partial charge in [0.25, 0.3) is 5.91 Å². The summed E-state index contributed by atoms with van der Waals surface area (Å²) in [5.74, 6) is -0.778. The Morgan fingerprint density at radius 2 is 2.06 bits per heavy atom. The number of carbonyl (C=O) groups excluding carboxylic acids is 1. The van der Waals surface area contributed by atoms with Crippen molar-refractivity contribution in [3.05, 3.63) is 65.7 Å². The van der Waals surface area contributed by atoms with Gasteiger partial charge in [-0.3, -0.25) is 4.79 Å². The Morgan fingerprint density at radius 3 is 2.76 bits per heavy atom. The summed E-state index contributed by atoms with van der Waals surface area (Å²) in [7, 11) is 0. The van der Waals surface area contributed by atoms with E-state index in [9.17, 15) is 18.0 Å². The fourth-order valence-corrected chi connectivity index (χ4v) is 3.21. The highest BCUT2D eigenvalue weighted by atomic mass is 19.4. The summed E-state index contributed by atoms with van der Waals surface area (Å²) in [5, 5.41) is 3.44. The lowest BCUT2D eigenvalue weighted by atomic mass is 10.0. The van der Waals surface area contributed by atoms with Gasteiger partial charge in [0.15, 0.2) is 0 Å². The van der Waals surface area contributed by atoms with Gasteiger partial charge < -0.3 is 25.3 Å². The van der Waals surface area contributed by atoms with E-state index >= 15 is 0 Å². The number of allylic oxidation sites excluding steroid dienone is 1. The van der Waals surface area contributed by atoms with Crippen LogP contribution in [0, 0.1) is 0 Å². The Labute approximate surface area is 187 Å². The molecule has 0 saturated heterocycles. The molecular weight excluding hydrogens is 441 g/mol. The molecule has 1 amide bonds. The van der Waals surface area contributed by atoms with E-state index in [1.54, 1.807) is 13.0 Å². The predicted molar refractivity (Wildman–Crippen MR) is 115 cm³/mol. The first-order valence-electron chi connectivity index (χ1n) is 9.94. The van der Waals surface area contributed by atoms with Gasteiger partial charge in [-0.15, -0.1) is 13.2 Å². The molecule has 3 N–H and O–H groups in total. The molecule has 8 nitrogen and oxygen atoms in total. The first kappa shape index (κ1) is 24.2. The molecule has 176 valence electrons. The predicted octanol–water partition coefficient (Wildman–Crippen LogP) is 3.54. The molecule has 0 unspecified atom stereocenters. The number of carbonyl (C=O) groups is 1. The third kappa shape index (κ3) is 6.08. The van der Waals surface area contributed by atoms with Crippen molar-refractivity contribution in [2.75, 3.05) is 18.9 Å². The number of rotatable bonds is 9. The maximum Gasteiger partial charge on any atom is 0.573 e. The lowest BCUT2D eigenvalue weighted by molar-refractivity contribution is -0.303. The number of nitrogen functional groups attached to an aromatic ring is 1. The second kappa shape index (κ2) is 10.0. The van der Waals surface area contributed by atoms with Gasteiger partial charge in [-0.1, -0.05) is 19.2 Å². The standard InChI is InChI=1S/C22H23F3N4O4/c1-4-31-11-19(12(2)5-6-13(3)33-22(23,24)25)29-21(30)17-7-14-15-9-32-10-16(15)20(26)28-18(14)8-27-17/h5-8,19H,2-4,9-11H2,1H3,(H2,26,28)(H,29,30)/b6-5-/t19-/m1/s1. The molecule has 1 atom stereocenters. The second-order valence-electron chi connectivity index (χ2n) is 7.14. The van der Waals surface area contributed by atoms with Crippen molar-refractivity contribution in [3.8, 4) is 0 Å². The van der Waals surface area contributed by atoms with E-state index in [-0.39, 0.29) is 17.9 Å². The average Bonchev–Trinajstić information content (AvgIpc) is 3.24. The van der Waals surface area contributed by atoms with Crippen LogP contribution in [0.2, 0.25) is 0 Å². The minimum Gasteiger partial charge on any atom is -0.406 e. The normalized spacial score (nSPS) is 14.3. The van der Waals surface area contributed by atoms with Gasteiger partial charge in [0.2, 0.25) is 0 Å². The van der Waals surface area contributed by atoms with Crippen molar-refractivity contribution in [2.24, 2.45) is 0 Å². The van der Waals surface area contributed by atoms with E-state index < -0.39 is 24.1 Å². The Bertz CT molecular complexity index is 1110. The number of halogens is 3. The number of pyridine rings is 2. The van der Waals surface area contributed by atoms with Crippen molar-refractivity contribution < 1.29 is 32.2 Å². The second-order valence-corrected chi connectivity index (χ2v) is 7.14. The lowest BCUT2D eigenvalue weighted by Gasteiger charge is -2.19. The third-order valence-electron chi connectivity index (χ3n) is 4.82. The molecule has 0 fully saturated rings. The Balaban J connectivity index is 1.78. The Hall–Kier alpha value is -3.44. The first-order chi connectivity index (χ1) is 15.6. The fraction of sp³-hybridized carbons (Fsp3) is 0.318. The average molecular weight is 464 g/mol. The van der Waals surface area contributed by atoms with Gasteiger partial charge >= 0.3 is 6.36 Å². The summed E-state index contributed by atoms with van der Waals surface area (Å²) in [6.45, 7) is 9.86. The Kier molecular flexibility index (Phi) is 7.34. The van der Waals surface area contributed by atoms with Gasteiger partial charge in [0, 0.05) is 17.6 Å². The molecule has 2 aromatic rings. The zero-order valence-electron chi connectivity index (χ0n) is 17.9. The van der Waals surface area contributed by atoms with E-state index in [4.69, 9.17) is 15.2 Å². The van der Waals surface area contributed by atoms with Crippen LogP contribution in [0.4, 0.5) is 19.0 Å². The van der Waals surface area contributed by atoms with Crippen molar-refractivity contribution in [2.45, 2.75) is 32.5 Å². The highest BCUT2D eigenvalue weighted by Gasteiger charge is 2.31. The number of nitrogens with two attached hydrogens (primary N) is 1. The Morgan fingerprint density at radius 1 is 1.33 bits per heavy atom. The van der Waals surface area contributed by atoms with E-state index in [1.165, 1.54) is 12.3 Å². The minimum atomic E-state index is -4.85. The van der Waals surface area contributed by atoms with Crippen LogP contribution in [0.25, 0.3) is 10.9 Å². The molecule has 0 radical (unpaired) electrons. The number of ether oxygens (including phenoxy) is 3. The van der Waals surface area contributed by atoms with Gasteiger partial charge in [-0.25, -0.2) is 9.97 Å². The van der Waals surface area contributed by atoms with Crippen molar-refractivity contribution in [1.29, 1.82) is 0 Å². The number of alkyl halides is 3. The molecule has 3 rings (SSSR count). The van der Waals surface area contributed by atoms with Crippen LogP contribution in [0.15, 0.2) is 48.9 Å². The van der Waals surface area contributed by atoms with E-state index in [2.05, 4.69) is 33.2 Å². The van der Waals surface area contributed by atoms with Crippen LogP contribution in [-0.4, -0.2) is 41.5 Å². The largest absolute Gasteiger partial charge is 0.573 e. The quantitative estimate of drug-likeness (QED) is 0.432. The number of hydrogen-bond acceptors (Lipinski definition) is 7. The highest BCUT2D eigenvalue weighted by molar-refractivity contribution is 5.97. The molecule has 11 heteroatoms. The SMILES string of the molecule is C=C(/C=C\C(=C)[C@@H](COCC)NC(=O)c1cc2c3c(c(N)nc2cn1)COC3)OC(F)(F)F. The zero-order chi connectivity index (χ0) is 24.2. The number of hydrogen-bond donors (Lipinski definition) is 2. The van der Waals surface area contributed by atoms with E-state index in [0.717, 1.165) is 17.2 Å².